The van der Waals surface area contributed by atoms with Crippen LogP contribution in [-0.2, 0) is 16.1 Å². The summed E-state index contributed by atoms with van der Waals surface area (Å²) in [5.41, 5.74) is 5.16. The third-order valence-electron chi connectivity index (χ3n) is 6.97. The fourth-order valence-electron chi connectivity index (χ4n) is 5.32. The third-order valence-corrected chi connectivity index (χ3v) is 6.97. The molecule has 0 unspecified atom stereocenters. The molecule has 4 aromatic carbocycles. The lowest BCUT2D eigenvalue weighted by atomic mass is 9.83. The molecular weight excluding hydrogens is 500 g/mol. The highest BCUT2D eigenvalue weighted by molar-refractivity contribution is 5.61. The van der Waals surface area contributed by atoms with Gasteiger partial charge in [-0.15, -0.1) is 4.81 Å². The van der Waals surface area contributed by atoms with E-state index >= 15 is 0 Å². The van der Waals surface area contributed by atoms with E-state index in [1.165, 1.54) is 29.1 Å². The van der Waals surface area contributed by atoms with Gasteiger partial charge in [0.2, 0.25) is 5.69 Å². The van der Waals surface area contributed by atoms with Crippen LogP contribution in [0.25, 0.3) is 5.43 Å². The highest BCUT2D eigenvalue weighted by atomic mass is 16.6. The van der Waals surface area contributed by atoms with Gasteiger partial charge in [-0.05, 0) is 30.2 Å². The fraction of sp³-hybridized carbons (Fsp3) is 0.143. The number of hydrogen-bond acceptors (Lipinski definition) is 7. The van der Waals surface area contributed by atoms with E-state index in [2.05, 4.69) is 0 Å². The van der Waals surface area contributed by atoms with Gasteiger partial charge in [0.1, 0.15) is 6.23 Å². The van der Waals surface area contributed by atoms with Gasteiger partial charge in [0, 0.05) is 42.1 Å². The van der Waals surface area contributed by atoms with Crippen LogP contribution in [0.1, 0.15) is 18.1 Å². The second-order valence-corrected chi connectivity index (χ2v) is 9.17. The molecule has 0 N–H and O–H groups in total. The molecule has 194 valence electrons. The van der Waals surface area contributed by atoms with Crippen LogP contribution in [0.15, 0.2) is 114 Å². The molecule has 0 aliphatic carbocycles. The Labute approximate surface area is 222 Å². The Morgan fingerprint density at radius 2 is 1.31 bits per heavy atom. The number of azo groups is 1. The van der Waals surface area contributed by atoms with Gasteiger partial charge >= 0.3 is 0 Å². The Balaban J connectivity index is 1.60. The Morgan fingerprint density at radius 1 is 0.795 bits per heavy atom. The Morgan fingerprint density at radius 3 is 1.85 bits per heavy atom. The first-order valence-corrected chi connectivity index (χ1v) is 12.2. The first kappa shape index (κ1) is 24.2. The molecule has 4 aromatic rings. The molecule has 2 aliphatic rings. The molecule has 1 fully saturated rings. The second-order valence-electron chi connectivity index (χ2n) is 9.17. The molecule has 0 saturated carbocycles. The topological polar surface area (TPSA) is 128 Å². The predicted octanol–water partition coefficient (Wildman–Crippen LogP) is 6.49. The van der Waals surface area contributed by atoms with Crippen LogP contribution < -0.4 is 4.90 Å². The van der Waals surface area contributed by atoms with Crippen LogP contribution >= 0.6 is 0 Å². The summed E-state index contributed by atoms with van der Waals surface area (Å²) >= 11 is 0. The summed E-state index contributed by atoms with van der Waals surface area (Å²) in [4.78, 5) is 25.1. The quantitative estimate of drug-likeness (QED) is 0.162. The lowest BCUT2D eigenvalue weighted by Crippen LogP contribution is -2.51. The van der Waals surface area contributed by atoms with E-state index in [1.54, 1.807) is 24.3 Å². The van der Waals surface area contributed by atoms with E-state index in [0.29, 0.717) is 11.4 Å². The van der Waals surface area contributed by atoms with E-state index in [0.717, 1.165) is 11.1 Å². The Hall–Kier alpha value is -5.16. The van der Waals surface area contributed by atoms with Crippen molar-refractivity contribution < 1.29 is 19.4 Å². The summed E-state index contributed by atoms with van der Waals surface area (Å²) in [5, 5.41) is 27.6. The molecule has 3 atom stereocenters. The highest BCUT2D eigenvalue weighted by Gasteiger charge is 2.67. The van der Waals surface area contributed by atoms with Crippen molar-refractivity contribution in [1.82, 2.24) is 0 Å². The zero-order valence-electron chi connectivity index (χ0n) is 20.7. The fourth-order valence-corrected chi connectivity index (χ4v) is 5.32. The van der Waals surface area contributed by atoms with Crippen LogP contribution in [-0.4, -0.2) is 20.9 Å². The molecular formula is C28H22N6O5. The van der Waals surface area contributed by atoms with Crippen molar-refractivity contribution in [3.63, 3.8) is 0 Å². The minimum absolute atomic E-state index is 0.0323. The number of nitrogens with zero attached hydrogens (tertiary/aromatic N) is 6. The zero-order chi connectivity index (χ0) is 27.2. The largest absolute Gasteiger partial charge is 0.340 e. The third kappa shape index (κ3) is 3.62. The molecule has 0 bridgehead atoms. The monoisotopic (exact) mass is 522 g/mol. The number of benzene rings is 4. The van der Waals surface area contributed by atoms with Crippen LogP contribution in [0, 0.1) is 20.2 Å². The molecule has 0 spiro atoms. The van der Waals surface area contributed by atoms with Crippen molar-refractivity contribution >= 4 is 22.7 Å². The van der Waals surface area contributed by atoms with Crippen molar-refractivity contribution in [2.45, 2.75) is 24.5 Å². The van der Waals surface area contributed by atoms with Gasteiger partial charge in [-0.25, -0.2) is 0 Å². The maximum Gasteiger partial charge on any atom is 0.269 e. The summed E-state index contributed by atoms with van der Waals surface area (Å²) in [6.45, 7) is 1.89. The molecule has 1 saturated heterocycles. The molecule has 11 nitrogen and oxygen atoms in total. The lowest BCUT2D eigenvalue weighted by molar-refractivity contribution is -0.462. The van der Waals surface area contributed by atoms with E-state index < -0.39 is 27.5 Å². The summed E-state index contributed by atoms with van der Waals surface area (Å²) in [6, 6.07) is 31.3. The number of hydrogen-bond donors (Lipinski definition) is 0. The van der Waals surface area contributed by atoms with Crippen LogP contribution in [0.3, 0.4) is 0 Å². The molecule has 0 aromatic heterocycles. The summed E-state index contributed by atoms with van der Waals surface area (Å²) in [6.07, 6.45) is -0.543. The first-order valence-electron chi connectivity index (χ1n) is 12.2. The van der Waals surface area contributed by atoms with Gasteiger partial charge in [0.15, 0.2) is 11.4 Å². The van der Waals surface area contributed by atoms with Gasteiger partial charge in [-0.1, -0.05) is 60.7 Å². The van der Waals surface area contributed by atoms with Crippen molar-refractivity contribution in [1.29, 1.82) is 0 Å². The number of rotatable bonds is 6. The smallest absolute Gasteiger partial charge is 0.269 e. The van der Waals surface area contributed by atoms with E-state index in [1.807, 2.05) is 72.5 Å². The summed E-state index contributed by atoms with van der Waals surface area (Å²) in [5.74, 6) is 0. The van der Waals surface area contributed by atoms with Gasteiger partial charge in [0.05, 0.1) is 9.85 Å². The maximum atomic E-state index is 11.4. The second kappa shape index (κ2) is 8.99. The average molecular weight is 523 g/mol. The predicted molar refractivity (Wildman–Crippen MR) is 141 cm³/mol. The van der Waals surface area contributed by atoms with Gasteiger partial charge in [-0.2, -0.15) is 10.5 Å². The van der Waals surface area contributed by atoms with Gasteiger partial charge in [-0.3, -0.25) is 20.2 Å². The van der Waals surface area contributed by atoms with Crippen LogP contribution in [0.5, 0.6) is 0 Å². The Kier molecular flexibility index (Phi) is 5.58. The standard InChI is InChI=1S/C28H22N6O5/c1-20-31(23-12-16-25(17-13-23)33(35)36)27(21-8-4-2-5-9-21)28(39-20,22-10-6-3-7-11-22)30-32(29-27)24-14-18-26(19-15-24)34(37)38/h2-20H,1H3/t20-,27-,28+/m0/s1. The maximum absolute atomic E-state index is 11.4. The molecule has 11 heteroatoms. The number of anilines is 1. The molecule has 6 rings (SSSR count). The molecule has 2 aliphatic heterocycles. The minimum Gasteiger partial charge on any atom is -0.340 e. The SMILES string of the molecule is C[C@@H]1O[C@@]2(c3ccccc3)N=[N+](c3ccc([N+](=O)[O-])cc3)[N-][C@@]2(c2ccccc2)N1c1ccc([N+](=O)[O-])cc1. The zero-order valence-corrected chi connectivity index (χ0v) is 20.7. The van der Waals surface area contributed by atoms with Crippen LogP contribution in [0.2, 0.25) is 0 Å². The van der Waals surface area contributed by atoms with E-state index in [4.69, 9.17) is 15.3 Å². The normalized spacial score (nSPS) is 23.6. The van der Waals surface area contributed by atoms with E-state index in [9.17, 15) is 20.2 Å². The summed E-state index contributed by atoms with van der Waals surface area (Å²) < 4.78 is 6.76. The number of nitro benzene ring substituents is 2. The van der Waals surface area contributed by atoms with Crippen LogP contribution in [0.4, 0.5) is 22.7 Å². The molecule has 2 heterocycles. The number of nitro groups is 2. The number of fused-ring (bicyclic) bond motifs is 1. The number of ether oxygens (including phenoxy) is 1. The highest BCUT2D eigenvalue weighted by Crippen LogP contribution is 2.63. The lowest BCUT2D eigenvalue weighted by Gasteiger charge is -2.44. The van der Waals surface area contributed by atoms with Crippen molar-refractivity contribution in [2.75, 3.05) is 4.90 Å². The number of non-ortho nitro benzene ring substituents is 2. The van der Waals surface area contributed by atoms with Crippen molar-refractivity contribution in [3.05, 3.63) is 146 Å². The average Bonchev–Trinajstić information content (AvgIpc) is 3.43. The molecule has 39 heavy (non-hydrogen) atoms. The van der Waals surface area contributed by atoms with Gasteiger partial charge in [0.25, 0.3) is 11.4 Å². The Bertz CT molecular complexity index is 1580. The molecule has 0 amide bonds. The van der Waals surface area contributed by atoms with E-state index in [-0.39, 0.29) is 11.4 Å². The minimum atomic E-state index is -1.36. The molecule has 0 radical (unpaired) electrons. The van der Waals surface area contributed by atoms with Gasteiger partial charge < -0.3 is 9.64 Å². The first-order chi connectivity index (χ1) is 18.9. The van der Waals surface area contributed by atoms with Crippen molar-refractivity contribution in [2.24, 2.45) is 5.11 Å². The van der Waals surface area contributed by atoms with Crippen molar-refractivity contribution in [3.8, 4) is 0 Å². The summed E-state index contributed by atoms with van der Waals surface area (Å²) in [7, 11) is 0.